The highest BCUT2D eigenvalue weighted by Crippen LogP contribution is 2.66. The molecule has 4 aromatic carbocycles. The molecule has 0 amide bonds. The first kappa shape index (κ1) is 31.1. The van der Waals surface area contributed by atoms with Crippen LogP contribution in [0.1, 0.15) is 22.3 Å². The van der Waals surface area contributed by atoms with Gasteiger partial charge in [0.15, 0.2) is 0 Å². The Kier molecular flexibility index (Phi) is 12.5. The highest BCUT2D eigenvalue weighted by atomic mass is 31.3. The van der Waals surface area contributed by atoms with Gasteiger partial charge in [0.25, 0.3) is 0 Å². The quantitative estimate of drug-likeness (QED) is 0.107. The van der Waals surface area contributed by atoms with Gasteiger partial charge in [-0.05, 0) is 47.9 Å². The molecule has 0 unspecified atom stereocenters. The molecule has 9 heteroatoms. The first-order valence-corrected chi connectivity index (χ1v) is 16.6. The zero-order valence-electron chi connectivity index (χ0n) is 23.0. The maximum Gasteiger partial charge on any atom is 0.483 e. The molecular weight excluding hydrogens is 558 g/mol. The van der Waals surface area contributed by atoms with Crippen LogP contribution < -0.4 is 0 Å². The predicted octanol–water partition coefficient (Wildman–Crippen LogP) is 8.26. The summed E-state index contributed by atoms with van der Waals surface area (Å²) in [6.45, 7) is 0.114. The highest BCUT2D eigenvalue weighted by Gasteiger charge is 2.40. The number of phosphoric acid groups is 2. The summed E-state index contributed by atoms with van der Waals surface area (Å²) in [5.41, 5.74) is 3.96. The van der Waals surface area contributed by atoms with E-state index in [1.165, 1.54) is 0 Å². The zero-order chi connectivity index (χ0) is 28.6. The Morgan fingerprint density at radius 3 is 0.805 bits per heavy atom. The zero-order valence-corrected chi connectivity index (χ0v) is 24.7. The minimum Gasteiger partial charge on any atom is -0.286 e. The van der Waals surface area contributed by atoms with Crippen LogP contribution in [0.2, 0.25) is 0 Å². The standard InChI is InChI=1S/C32H36O7P2/c33-40(35-25-21-29-13-5-1-6-14-29,36-26-22-30-15-7-2-8-16-30)39-41(34,37-27-23-31-17-9-3-10-18-31)38-28-24-32-19-11-4-12-20-32/h1-20H,21-28H2. The van der Waals surface area contributed by atoms with Gasteiger partial charge >= 0.3 is 15.6 Å². The minimum absolute atomic E-state index is 0.0284. The summed E-state index contributed by atoms with van der Waals surface area (Å²) in [4.78, 5) is 0. The van der Waals surface area contributed by atoms with E-state index >= 15 is 0 Å². The van der Waals surface area contributed by atoms with Crippen LogP contribution in [0.5, 0.6) is 0 Å². The maximum absolute atomic E-state index is 13.9. The Morgan fingerprint density at radius 2 is 0.585 bits per heavy atom. The van der Waals surface area contributed by atoms with E-state index < -0.39 is 15.6 Å². The normalized spacial score (nSPS) is 11.9. The van der Waals surface area contributed by atoms with E-state index in [0.717, 1.165) is 22.3 Å². The van der Waals surface area contributed by atoms with Gasteiger partial charge in [0.05, 0.1) is 26.4 Å². The summed E-state index contributed by atoms with van der Waals surface area (Å²) in [7, 11) is -8.70. The molecule has 41 heavy (non-hydrogen) atoms. The van der Waals surface area contributed by atoms with Crippen molar-refractivity contribution in [2.75, 3.05) is 26.4 Å². The molecule has 0 aliphatic rings. The topological polar surface area (TPSA) is 80.3 Å². The molecule has 0 atom stereocenters. The number of hydrogen-bond acceptors (Lipinski definition) is 7. The molecule has 0 N–H and O–H groups in total. The lowest BCUT2D eigenvalue weighted by Gasteiger charge is -2.23. The Bertz CT molecular complexity index is 1160. The van der Waals surface area contributed by atoms with Crippen molar-refractivity contribution < 1.29 is 31.5 Å². The van der Waals surface area contributed by atoms with Crippen molar-refractivity contribution in [3.8, 4) is 0 Å². The average molecular weight is 595 g/mol. The van der Waals surface area contributed by atoms with Crippen molar-refractivity contribution in [3.63, 3.8) is 0 Å². The Labute approximate surface area is 242 Å². The maximum atomic E-state index is 13.9. The van der Waals surface area contributed by atoms with Crippen molar-refractivity contribution in [1.82, 2.24) is 0 Å². The third-order valence-corrected chi connectivity index (χ3v) is 9.73. The van der Waals surface area contributed by atoms with Crippen molar-refractivity contribution >= 4 is 15.6 Å². The van der Waals surface area contributed by atoms with Crippen LogP contribution >= 0.6 is 15.6 Å². The molecule has 0 saturated heterocycles. The molecule has 0 radical (unpaired) electrons. The summed E-state index contributed by atoms with van der Waals surface area (Å²) in [6.07, 6.45) is 1.85. The van der Waals surface area contributed by atoms with Gasteiger partial charge in [-0.25, -0.2) is 9.13 Å². The Morgan fingerprint density at radius 1 is 0.366 bits per heavy atom. The molecule has 0 aliphatic carbocycles. The predicted molar refractivity (Wildman–Crippen MR) is 161 cm³/mol. The third kappa shape index (κ3) is 11.5. The molecule has 7 nitrogen and oxygen atoms in total. The van der Waals surface area contributed by atoms with Gasteiger partial charge in [-0.1, -0.05) is 121 Å². The summed E-state index contributed by atoms with van der Waals surface area (Å²) < 4.78 is 56.1. The summed E-state index contributed by atoms with van der Waals surface area (Å²) in [6, 6.07) is 38.5. The van der Waals surface area contributed by atoms with E-state index in [0.29, 0.717) is 25.7 Å². The smallest absolute Gasteiger partial charge is 0.286 e. The van der Waals surface area contributed by atoms with Crippen molar-refractivity contribution in [2.45, 2.75) is 25.7 Å². The van der Waals surface area contributed by atoms with Gasteiger partial charge in [-0.2, -0.15) is 4.31 Å². The molecule has 0 bridgehead atoms. The third-order valence-electron chi connectivity index (χ3n) is 6.13. The molecule has 0 saturated carbocycles. The molecule has 216 valence electrons. The van der Waals surface area contributed by atoms with E-state index in [9.17, 15) is 9.13 Å². The lowest BCUT2D eigenvalue weighted by atomic mass is 10.2. The van der Waals surface area contributed by atoms with Gasteiger partial charge < -0.3 is 0 Å². The molecule has 4 aromatic rings. The fraction of sp³-hybridized carbons (Fsp3) is 0.250. The minimum atomic E-state index is -4.35. The largest absolute Gasteiger partial charge is 0.483 e. The van der Waals surface area contributed by atoms with Crippen molar-refractivity contribution in [3.05, 3.63) is 144 Å². The second-order valence-corrected chi connectivity index (χ2v) is 12.7. The van der Waals surface area contributed by atoms with Crippen LogP contribution in [0.15, 0.2) is 121 Å². The van der Waals surface area contributed by atoms with Crippen LogP contribution in [0.25, 0.3) is 0 Å². The molecule has 0 aliphatic heterocycles. The van der Waals surface area contributed by atoms with Crippen LogP contribution in [0.4, 0.5) is 0 Å². The van der Waals surface area contributed by atoms with E-state index in [1.54, 1.807) is 0 Å². The number of benzene rings is 4. The van der Waals surface area contributed by atoms with Crippen molar-refractivity contribution in [2.24, 2.45) is 0 Å². The number of hydrogen-bond donors (Lipinski definition) is 0. The van der Waals surface area contributed by atoms with Gasteiger partial charge in [-0.3, -0.25) is 18.1 Å². The number of phosphoric ester groups is 2. The van der Waals surface area contributed by atoms with E-state index in [2.05, 4.69) is 0 Å². The van der Waals surface area contributed by atoms with Gasteiger partial charge in [0, 0.05) is 0 Å². The van der Waals surface area contributed by atoms with E-state index in [4.69, 9.17) is 22.4 Å². The molecule has 0 aromatic heterocycles. The first-order valence-electron chi connectivity index (χ1n) is 13.7. The van der Waals surface area contributed by atoms with Gasteiger partial charge in [0.2, 0.25) is 0 Å². The summed E-state index contributed by atoms with van der Waals surface area (Å²) >= 11 is 0. The molecule has 0 fully saturated rings. The summed E-state index contributed by atoms with van der Waals surface area (Å²) in [5, 5.41) is 0. The fourth-order valence-corrected chi connectivity index (χ4v) is 7.11. The lowest BCUT2D eigenvalue weighted by molar-refractivity contribution is 0.111. The average Bonchev–Trinajstić information content (AvgIpc) is 2.99. The molecule has 0 heterocycles. The SMILES string of the molecule is O=P(OCCc1ccccc1)(OCCc1ccccc1)OP(=O)(OCCc1ccccc1)OCCc1ccccc1. The van der Waals surface area contributed by atoms with Crippen LogP contribution in [-0.2, 0) is 57.2 Å². The van der Waals surface area contributed by atoms with Crippen LogP contribution in [0.3, 0.4) is 0 Å². The van der Waals surface area contributed by atoms with Crippen LogP contribution in [-0.4, -0.2) is 26.4 Å². The monoisotopic (exact) mass is 594 g/mol. The van der Waals surface area contributed by atoms with Gasteiger partial charge in [-0.15, -0.1) is 0 Å². The van der Waals surface area contributed by atoms with E-state index in [1.807, 2.05) is 121 Å². The Balaban J connectivity index is 1.45. The second kappa shape index (κ2) is 16.5. The van der Waals surface area contributed by atoms with E-state index in [-0.39, 0.29) is 26.4 Å². The fourth-order valence-electron chi connectivity index (χ4n) is 3.97. The highest BCUT2D eigenvalue weighted by molar-refractivity contribution is 7.62. The molecule has 0 spiro atoms. The lowest BCUT2D eigenvalue weighted by Crippen LogP contribution is -2.09. The molecule has 4 rings (SSSR count). The van der Waals surface area contributed by atoms with Crippen molar-refractivity contribution in [1.29, 1.82) is 0 Å². The first-order chi connectivity index (χ1) is 20.0. The summed E-state index contributed by atoms with van der Waals surface area (Å²) in [5.74, 6) is 0. The van der Waals surface area contributed by atoms with Gasteiger partial charge in [0.1, 0.15) is 0 Å². The Hall–Kier alpha value is -2.86. The molecular formula is C32H36O7P2. The second-order valence-electron chi connectivity index (χ2n) is 9.25. The van der Waals surface area contributed by atoms with Crippen LogP contribution in [0, 0.1) is 0 Å². The number of rotatable bonds is 18.